The number of fused-ring (bicyclic) bond motifs is 3. The van der Waals surface area contributed by atoms with E-state index in [1.165, 1.54) is 37.6 Å². The Balaban J connectivity index is 1.15. The molecular formula is C38H33N3O2. The van der Waals surface area contributed by atoms with Gasteiger partial charge in [0.15, 0.2) is 0 Å². The minimum Gasteiger partial charge on any atom is -0.489 e. The molecule has 0 aliphatic heterocycles. The second kappa shape index (κ2) is 10.7. The first kappa shape index (κ1) is 25.8. The molecule has 0 spiro atoms. The molecule has 0 amide bonds. The summed E-state index contributed by atoms with van der Waals surface area (Å²) in [7, 11) is 0. The number of pyridine rings is 1. The Bertz CT molecular complexity index is 2080. The first-order chi connectivity index (χ1) is 21.2. The van der Waals surface area contributed by atoms with E-state index in [1.807, 2.05) is 37.3 Å². The lowest BCUT2D eigenvalue weighted by Gasteiger charge is -2.25. The average Bonchev–Trinajstić information content (AvgIpc) is 3.61. The minimum absolute atomic E-state index is 0.492. The van der Waals surface area contributed by atoms with Crippen molar-refractivity contribution in [2.24, 2.45) is 0 Å². The normalized spacial score (nSPS) is 14.2. The van der Waals surface area contributed by atoms with Crippen molar-refractivity contribution in [2.45, 2.75) is 51.7 Å². The predicted molar refractivity (Wildman–Crippen MR) is 173 cm³/mol. The summed E-state index contributed by atoms with van der Waals surface area (Å²) < 4.78 is 14.8. The van der Waals surface area contributed by atoms with Gasteiger partial charge in [-0.25, -0.2) is 9.97 Å². The van der Waals surface area contributed by atoms with Gasteiger partial charge in [-0.2, -0.15) is 0 Å². The molecule has 43 heavy (non-hydrogen) atoms. The van der Waals surface area contributed by atoms with Crippen LogP contribution in [-0.2, 0) is 6.61 Å². The zero-order valence-electron chi connectivity index (χ0n) is 24.3. The lowest BCUT2D eigenvalue weighted by molar-refractivity contribution is 0.306. The Labute approximate surface area is 250 Å². The Morgan fingerprint density at radius 2 is 1.63 bits per heavy atom. The van der Waals surface area contributed by atoms with Gasteiger partial charge in [-0.1, -0.05) is 67.8 Å². The standard InChI is InChI=1S/C38H33N3O2/c1-25-37(31-23-30(18-21-36(31)43-25)42-24-26-10-4-2-5-11-26)34-20-16-27-22-28(17-19-32(27)39-34)38-40-33-14-8-9-15-35(33)41(38)29-12-6-3-7-13-29/h2,4-5,8-11,14-23,29H,3,6-7,12-13,24H2,1H3. The Hall–Kier alpha value is -4.90. The number of nitrogens with zero attached hydrogens (tertiary/aromatic N) is 3. The Kier molecular flexibility index (Phi) is 6.44. The van der Waals surface area contributed by atoms with Crippen LogP contribution in [0.2, 0.25) is 0 Å². The van der Waals surface area contributed by atoms with Crippen LogP contribution in [0.3, 0.4) is 0 Å². The van der Waals surface area contributed by atoms with Gasteiger partial charge in [0.05, 0.1) is 22.2 Å². The highest BCUT2D eigenvalue weighted by Crippen LogP contribution is 2.39. The molecule has 1 aliphatic rings. The van der Waals surface area contributed by atoms with E-state index in [-0.39, 0.29) is 0 Å². The van der Waals surface area contributed by atoms with E-state index in [0.29, 0.717) is 12.6 Å². The number of aromatic nitrogens is 3. The lowest BCUT2D eigenvalue weighted by Crippen LogP contribution is -2.13. The third-order valence-corrected chi connectivity index (χ3v) is 8.82. The number of hydrogen-bond donors (Lipinski definition) is 0. The van der Waals surface area contributed by atoms with Crippen LogP contribution < -0.4 is 4.74 Å². The van der Waals surface area contributed by atoms with Gasteiger partial charge in [0.25, 0.3) is 0 Å². The number of ether oxygens (including phenoxy) is 1. The van der Waals surface area contributed by atoms with Gasteiger partial charge in [0, 0.05) is 27.9 Å². The second-order valence-corrected chi connectivity index (χ2v) is 11.7. The van der Waals surface area contributed by atoms with Crippen LogP contribution in [0.25, 0.3) is 55.6 Å². The van der Waals surface area contributed by atoms with Crippen molar-refractivity contribution < 1.29 is 9.15 Å². The summed E-state index contributed by atoms with van der Waals surface area (Å²) in [5, 5.41) is 2.11. The van der Waals surface area contributed by atoms with Crippen molar-refractivity contribution in [3.63, 3.8) is 0 Å². The number of rotatable bonds is 6. The third kappa shape index (κ3) is 4.75. The zero-order valence-corrected chi connectivity index (χ0v) is 24.3. The summed E-state index contributed by atoms with van der Waals surface area (Å²) in [6.45, 7) is 2.52. The number of hydrogen-bond acceptors (Lipinski definition) is 4. The highest BCUT2D eigenvalue weighted by molar-refractivity contribution is 5.97. The van der Waals surface area contributed by atoms with E-state index >= 15 is 0 Å². The van der Waals surface area contributed by atoms with E-state index in [1.54, 1.807) is 0 Å². The minimum atomic E-state index is 0.492. The number of imidazole rings is 1. The van der Waals surface area contributed by atoms with Gasteiger partial charge in [-0.05, 0) is 79.9 Å². The van der Waals surface area contributed by atoms with Gasteiger partial charge in [-0.15, -0.1) is 0 Å². The van der Waals surface area contributed by atoms with Crippen LogP contribution in [0.1, 0.15) is 49.5 Å². The zero-order chi connectivity index (χ0) is 28.8. The molecule has 8 rings (SSSR count). The van der Waals surface area contributed by atoms with E-state index in [4.69, 9.17) is 19.1 Å². The van der Waals surface area contributed by atoms with Crippen molar-refractivity contribution in [3.8, 4) is 28.4 Å². The lowest BCUT2D eigenvalue weighted by atomic mass is 9.94. The van der Waals surface area contributed by atoms with Crippen molar-refractivity contribution in [3.05, 3.63) is 114 Å². The average molecular weight is 564 g/mol. The number of furan rings is 1. The van der Waals surface area contributed by atoms with Gasteiger partial charge >= 0.3 is 0 Å². The number of benzene rings is 4. The van der Waals surface area contributed by atoms with E-state index in [9.17, 15) is 0 Å². The second-order valence-electron chi connectivity index (χ2n) is 11.7. The van der Waals surface area contributed by atoms with Gasteiger partial charge < -0.3 is 13.7 Å². The van der Waals surface area contributed by atoms with Gasteiger partial charge in [-0.3, -0.25) is 0 Å². The van der Waals surface area contributed by atoms with Crippen LogP contribution in [-0.4, -0.2) is 14.5 Å². The molecule has 0 saturated heterocycles. The highest BCUT2D eigenvalue weighted by Gasteiger charge is 2.23. The molecule has 212 valence electrons. The quantitative estimate of drug-likeness (QED) is 0.202. The van der Waals surface area contributed by atoms with Crippen molar-refractivity contribution >= 4 is 32.9 Å². The predicted octanol–water partition coefficient (Wildman–Crippen LogP) is 10.1. The fourth-order valence-electron chi connectivity index (χ4n) is 6.71. The molecule has 0 N–H and O–H groups in total. The Morgan fingerprint density at radius 3 is 2.51 bits per heavy atom. The first-order valence-electron chi connectivity index (χ1n) is 15.3. The molecular weight excluding hydrogens is 530 g/mol. The molecule has 1 aliphatic carbocycles. The van der Waals surface area contributed by atoms with Crippen LogP contribution in [0.5, 0.6) is 5.75 Å². The molecule has 3 aromatic heterocycles. The first-order valence-corrected chi connectivity index (χ1v) is 15.3. The largest absolute Gasteiger partial charge is 0.489 e. The summed E-state index contributed by atoms with van der Waals surface area (Å²) in [6, 6.07) is 36.1. The summed E-state index contributed by atoms with van der Waals surface area (Å²) in [4.78, 5) is 10.2. The number of aryl methyl sites for hydroxylation is 1. The van der Waals surface area contributed by atoms with E-state index < -0.39 is 0 Å². The fraction of sp³-hybridized carbons (Fsp3) is 0.211. The SMILES string of the molecule is Cc1oc2ccc(OCc3ccccc3)cc2c1-c1ccc2cc(-c3nc4ccccc4n3C3CCCCC3)ccc2n1. The molecule has 1 saturated carbocycles. The Morgan fingerprint density at radius 1 is 0.791 bits per heavy atom. The molecule has 5 heteroatoms. The molecule has 3 heterocycles. The summed E-state index contributed by atoms with van der Waals surface area (Å²) in [5.41, 5.74) is 8.24. The monoisotopic (exact) mass is 563 g/mol. The van der Waals surface area contributed by atoms with Crippen LogP contribution in [0.15, 0.2) is 108 Å². The third-order valence-electron chi connectivity index (χ3n) is 8.82. The van der Waals surface area contributed by atoms with Crippen molar-refractivity contribution in [2.75, 3.05) is 0 Å². The van der Waals surface area contributed by atoms with Crippen molar-refractivity contribution in [1.82, 2.24) is 14.5 Å². The topological polar surface area (TPSA) is 53.1 Å². The highest BCUT2D eigenvalue weighted by atomic mass is 16.5. The van der Waals surface area contributed by atoms with E-state index in [0.717, 1.165) is 67.1 Å². The van der Waals surface area contributed by atoms with E-state index in [2.05, 4.69) is 77.4 Å². The van der Waals surface area contributed by atoms with Crippen molar-refractivity contribution in [1.29, 1.82) is 0 Å². The molecule has 7 aromatic rings. The molecule has 0 unspecified atom stereocenters. The molecule has 0 atom stereocenters. The fourth-order valence-corrected chi connectivity index (χ4v) is 6.71. The molecule has 4 aromatic carbocycles. The van der Waals surface area contributed by atoms with Gasteiger partial charge in [0.1, 0.15) is 29.5 Å². The summed E-state index contributed by atoms with van der Waals surface area (Å²) >= 11 is 0. The van der Waals surface area contributed by atoms with Crippen LogP contribution in [0, 0.1) is 6.92 Å². The maximum atomic E-state index is 6.15. The molecule has 0 bridgehead atoms. The maximum Gasteiger partial charge on any atom is 0.141 e. The van der Waals surface area contributed by atoms with Gasteiger partial charge in [0.2, 0.25) is 0 Å². The molecule has 5 nitrogen and oxygen atoms in total. The van der Waals surface area contributed by atoms with Crippen LogP contribution >= 0.6 is 0 Å². The molecule has 0 radical (unpaired) electrons. The smallest absolute Gasteiger partial charge is 0.141 e. The maximum absolute atomic E-state index is 6.15. The summed E-state index contributed by atoms with van der Waals surface area (Å²) in [6.07, 6.45) is 6.31. The summed E-state index contributed by atoms with van der Waals surface area (Å²) in [5.74, 6) is 2.71. The molecule has 1 fully saturated rings. The van der Waals surface area contributed by atoms with Crippen LogP contribution in [0.4, 0.5) is 0 Å². The number of para-hydroxylation sites is 2.